The first-order chi connectivity index (χ1) is 17.1. The van der Waals surface area contributed by atoms with Gasteiger partial charge in [-0.2, -0.15) is 5.10 Å². The number of halogens is 2. The van der Waals surface area contributed by atoms with Gasteiger partial charge in [0.2, 0.25) is 0 Å². The maximum atomic E-state index is 14.2. The largest absolute Gasteiger partial charge is 0.492 e. The average molecular weight is 493 g/mol. The van der Waals surface area contributed by atoms with E-state index in [1.165, 1.54) is 23.5 Å². The SMILES string of the molecule is O=C(c1nc2c(s1)CCOc1cc(-c3cn[nH]c3)ccc1-2)N1CCC(c2ccc(F)cc2F)CC1. The number of ether oxygens (including phenoxy) is 1. The van der Waals surface area contributed by atoms with Gasteiger partial charge in [-0.15, -0.1) is 11.3 Å². The van der Waals surface area contributed by atoms with Gasteiger partial charge in [0.25, 0.3) is 5.91 Å². The van der Waals surface area contributed by atoms with Crippen LogP contribution in [0.4, 0.5) is 8.78 Å². The van der Waals surface area contributed by atoms with Crippen LogP contribution in [-0.4, -0.2) is 45.7 Å². The number of hydrogen-bond donors (Lipinski definition) is 1. The van der Waals surface area contributed by atoms with Crippen LogP contribution in [0, 0.1) is 11.6 Å². The highest BCUT2D eigenvalue weighted by Gasteiger charge is 2.30. The minimum absolute atomic E-state index is 0.0267. The first kappa shape index (κ1) is 21.9. The van der Waals surface area contributed by atoms with Gasteiger partial charge in [-0.3, -0.25) is 9.89 Å². The van der Waals surface area contributed by atoms with Crippen LogP contribution < -0.4 is 4.74 Å². The first-order valence-electron chi connectivity index (χ1n) is 11.6. The van der Waals surface area contributed by atoms with Crippen molar-refractivity contribution < 1.29 is 18.3 Å². The molecule has 1 amide bonds. The molecule has 1 fully saturated rings. The Kier molecular flexibility index (Phi) is 5.56. The Balaban J connectivity index is 1.21. The second kappa shape index (κ2) is 8.88. The van der Waals surface area contributed by atoms with E-state index in [1.54, 1.807) is 11.1 Å². The fourth-order valence-corrected chi connectivity index (χ4v) is 5.89. The Labute approximate surface area is 204 Å². The van der Waals surface area contributed by atoms with Gasteiger partial charge in [-0.1, -0.05) is 12.1 Å². The number of likely N-dealkylation sites (tertiary alicyclic amines) is 1. The summed E-state index contributed by atoms with van der Waals surface area (Å²) in [6, 6.07) is 9.70. The zero-order valence-corrected chi connectivity index (χ0v) is 19.6. The van der Waals surface area contributed by atoms with E-state index in [9.17, 15) is 13.6 Å². The molecule has 1 saturated heterocycles. The Hall–Kier alpha value is -3.59. The summed E-state index contributed by atoms with van der Waals surface area (Å²) in [5.41, 5.74) is 4.16. The van der Waals surface area contributed by atoms with Gasteiger partial charge >= 0.3 is 0 Å². The summed E-state index contributed by atoms with van der Waals surface area (Å²) in [5.74, 6) is -0.476. The molecule has 0 unspecified atom stereocenters. The predicted octanol–water partition coefficient (Wildman–Crippen LogP) is 5.43. The third-order valence-corrected chi connectivity index (χ3v) is 7.82. The summed E-state index contributed by atoms with van der Waals surface area (Å²) in [7, 11) is 0. The number of carbonyl (C=O) groups excluding carboxylic acids is 1. The van der Waals surface area contributed by atoms with Gasteiger partial charge in [-0.05, 0) is 48.1 Å². The van der Waals surface area contributed by atoms with Crippen LogP contribution in [-0.2, 0) is 6.42 Å². The van der Waals surface area contributed by atoms with E-state index in [1.807, 2.05) is 24.4 Å². The molecule has 6 nitrogen and oxygen atoms in total. The molecule has 0 saturated carbocycles. The fraction of sp³-hybridized carbons (Fsp3) is 0.269. The zero-order chi connectivity index (χ0) is 23.9. The topological polar surface area (TPSA) is 71.1 Å². The molecule has 35 heavy (non-hydrogen) atoms. The summed E-state index contributed by atoms with van der Waals surface area (Å²) >= 11 is 1.42. The van der Waals surface area contributed by atoms with E-state index in [4.69, 9.17) is 9.72 Å². The van der Waals surface area contributed by atoms with Gasteiger partial charge in [0.05, 0.1) is 18.5 Å². The molecule has 0 aliphatic carbocycles. The smallest absolute Gasteiger partial charge is 0.282 e. The molecule has 4 heterocycles. The second-order valence-corrected chi connectivity index (χ2v) is 9.90. The van der Waals surface area contributed by atoms with Gasteiger partial charge < -0.3 is 9.64 Å². The fourth-order valence-electron chi connectivity index (χ4n) is 4.86. The molecule has 1 N–H and O–H groups in total. The molecular formula is C26H22F2N4O2S. The lowest BCUT2D eigenvalue weighted by molar-refractivity contribution is 0.0712. The summed E-state index contributed by atoms with van der Waals surface area (Å²) in [6.07, 6.45) is 5.54. The first-order valence-corrected chi connectivity index (χ1v) is 12.4. The number of nitrogens with one attached hydrogen (secondary N) is 1. The maximum absolute atomic E-state index is 14.2. The van der Waals surface area contributed by atoms with Gasteiger partial charge in [0, 0.05) is 47.8 Å². The van der Waals surface area contributed by atoms with Crippen molar-refractivity contribution in [1.82, 2.24) is 20.1 Å². The number of thiazole rings is 1. The molecule has 0 bridgehead atoms. The van der Waals surface area contributed by atoms with Crippen LogP contribution in [0.1, 0.15) is 39.0 Å². The van der Waals surface area contributed by atoms with E-state index in [0.717, 1.165) is 39.1 Å². The molecule has 0 spiro atoms. The van der Waals surface area contributed by atoms with Crippen molar-refractivity contribution in [2.45, 2.75) is 25.2 Å². The summed E-state index contributed by atoms with van der Waals surface area (Å²) in [4.78, 5) is 20.9. The number of benzene rings is 2. The molecule has 4 aromatic rings. The number of nitrogens with zero attached hydrogens (tertiary/aromatic N) is 3. The number of fused-ring (bicyclic) bond motifs is 3. The van der Waals surface area contributed by atoms with Crippen molar-refractivity contribution in [1.29, 1.82) is 0 Å². The summed E-state index contributed by atoms with van der Waals surface area (Å²) < 4.78 is 33.5. The zero-order valence-electron chi connectivity index (χ0n) is 18.8. The molecule has 6 rings (SSSR count). The molecule has 178 valence electrons. The molecule has 9 heteroatoms. The Morgan fingerprint density at radius 1 is 1.11 bits per heavy atom. The number of aromatic nitrogens is 3. The predicted molar refractivity (Wildman–Crippen MR) is 129 cm³/mol. The van der Waals surface area contributed by atoms with Crippen LogP contribution in [0.2, 0.25) is 0 Å². The van der Waals surface area contributed by atoms with Gasteiger partial charge in [-0.25, -0.2) is 13.8 Å². The lowest BCUT2D eigenvalue weighted by Gasteiger charge is -2.31. The number of H-pyrrole nitrogens is 1. The molecule has 0 radical (unpaired) electrons. The van der Waals surface area contributed by atoms with Crippen LogP contribution in [0.3, 0.4) is 0 Å². The monoisotopic (exact) mass is 492 g/mol. The molecule has 2 aliphatic rings. The molecule has 2 aromatic heterocycles. The molecule has 2 aromatic carbocycles. The van der Waals surface area contributed by atoms with E-state index in [2.05, 4.69) is 10.2 Å². The quantitative estimate of drug-likeness (QED) is 0.414. The summed E-state index contributed by atoms with van der Waals surface area (Å²) in [5, 5.41) is 7.30. The summed E-state index contributed by atoms with van der Waals surface area (Å²) in [6.45, 7) is 1.54. The van der Waals surface area contributed by atoms with E-state index < -0.39 is 11.6 Å². The molecule has 0 atom stereocenters. The Bertz CT molecular complexity index is 1390. The normalized spacial score (nSPS) is 15.8. The van der Waals surface area contributed by atoms with Crippen LogP contribution in [0.15, 0.2) is 48.8 Å². The number of carbonyl (C=O) groups is 1. The van der Waals surface area contributed by atoms with Crippen molar-refractivity contribution in [3.63, 3.8) is 0 Å². The standard InChI is InChI=1S/C26H22F2N4O2S/c27-18-2-4-19(21(28)12-18)15-5-8-32(9-6-15)26(33)25-31-24-20-3-1-16(17-13-29-30-14-17)11-22(20)34-10-7-23(24)35-25/h1-4,11-15H,5-10H2,(H,29,30). The highest BCUT2D eigenvalue weighted by molar-refractivity contribution is 7.14. The number of amides is 1. The van der Waals surface area contributed by atoms with E-state index in [-0.39, 0.29) is 11.8 Å². The lowest BCUT2D eigenvalue weighted by Crippen LogP contribution is -2.38. The van der Waals surface area contributed by atoms with Crippen molar-refractivity contribution in [3.05, 3.63) is 75.9 Å². The third-order valence-electron chi connectivity index (χ3n) is 6.72. The molecule has 2 aliphatic heterocycles. The average Bonchev–Trinajstić information content (AvgIpc) is 3.52. The van der Waals surface area contributed by atoms with Crippen LogP contribution in [0.25, 0.3) is 22.4 Å². The Morgan fingerprint density at radius 3 is 2.74 bits per heavy atom. The number of rotatable bonds is 3. The van der Waals surface area contributed by atoms with Gasteiger partial charge in [0.15, 0.2) is 5.01 Å². The molecular weight excluding hydrogens is 470 g/mol. The second-order valence-electron chi connectivity index (χ2n) is 8.82. The minimum Gasteiger partial charge on any atom is -0.492 e. The number of piperidine rings is 1. The number of hydrogen-bond acceptors (Lipinski definition) is 5. The van der Waals surface area contributed by atoms with Crippen LogP contribution >= 0.6 is 11.3 Å². The lowest BCUT2D eigenvalue weighted by atomic mass is 9.89. The van der Waals surface area contributed by atoms with E-state index in [0.29, 0.717) is 49.5 Å². The maximum Gasteiger partial charge on any atom is 0.282 e. The van der Waals surface area contributed by atoms with Gasteiger partial charge in [0.1, 0.15) is 17.4 Å². The minimum atomic E-state index is -0.577. The number of aromatic amines is 1. The van der Waals surface area contributed by atoms with E-state index >= 15 is 0 Å². The van der Waals surface area contributed by atoms with Crippen molar-refractivity contribution in [2.75, 3.05) is 19.7 Å². The van der Waals surface area contributed by atoms with Crippen LogP contribution in [0.5, 0.6) is 5.75 Å². The van der Waals surface area contributed by atoms with Crippen molar-refractivity contribution in [2.24, 2.45) is 0 Å². The third kappa shape index (κ3) is 4.10. The van der Waals surface area contributed by atoms with Crippen molar-refractivity contribution >= 4 is 17.2 Å². The Morgan fingerprint density at radius 2 is 1.97 bits per heavy atom. The van der Waals surface area contributed by atoms with Crippen molar-refractivity contribution in [3.8, 4) is 28.1 Å². The highest BCUT2D eigenvalue weighted by atomic mass is 32.1. The highest BCUT2D eigenvalue weighted by Crippen LogP contribution is 2.40.